The van der Waals surface area contributed by atoms with Gasteiger partial charge in [-0.25, -0.2) is 4.79 Å². The maximum absolute atomic E-state index is 11.9. The molecule has 0 bridgehead atoms. The van der Waals surface area contributed by atoms with Gasteiger partial charge >= 0.3 is 6.03 Å². The molecule has 0 spiro atoms. The summed E-state index contributed by atoms with van der Waals surface area (Å²) in [5.74, 6) is 0.282. The summed E-state index contributed by atoms with van der Waals surface area (Å²) in [7, 11) is 0. The molecule has 0 aromatic carbocycles. The molecule has 0 aliphatic rings. The Balaban J connectivity index is 2.50. The molecule has 2 unspecified atom stereocenters. The number of hydrogen-bond donors (Lipinski definition) is 3. The molecular formula is C13H21ClN2O2S. The summed E-state index contributed by atoms with van der Waals surface area (Å²) in [6, 6.07) is 3.40. The van der Waals surface area contributed by atoms with E-state index < -0.39 is 0 Å². The van der Waals surface area contributed by atoms with Crippen LogP contribution < -0.4 is 10.6 Å². The van der Waals surface area contributed by atoms with Crippen molar-refractivity contribution in [2.24, 2.45) is 5.92 Å². The van der Waals surface area contributed by atoms with Crippen LogP contribution in [0.1, 0.15) is 38.1 Å². The molecule has 4 nitrogen and oxygen atoms in total. The monoisotopic (exact) mass is 304 g/mol. The van der Waals surface area contributed by atoms with E-state index in [0.29, 0.717) is 10.8 Å². The van der Waals surface area contributed by atoms with Crippen LogP contribution >= 0.6 is 22.9 Å². The van der Waals surface area contributed by atoms with E-state index in [2.05, 4.69) is 10.6 Å². The fraction of sp³-hybridized carbons (Fsp3) is 0.615. The van der Waals surface area contributed by atoms with Crippen molar-refractivity contribution in [2.45, 2.75) is 39.3 Å². The summed E-state index contributed by atoms with van der Waals surface area (Å²) < 4.78 is 0.712. The maximum Gasteiger partial charge on any atom is 0.315 e. The first kappa shape index (κ1) is 16.3. The third-order valence-corrected chi connectivity index (χ3v) is 4.34. The normalized spacial score (nSPS) is 14.2. The van der Waals surface area contributed by atoms with Crippen LogP contribution in [0, 0.1) is 5.92 Å². The Morgan fingerprint density at radius 3 is 2.53 bits per heavy atom. The Kier molecular flexibility index (Phi) is 6.62. The summed E-state index contributed by atoms with van der Waals surface area (Å²) in [6.45, 7) is 6.02. The molecule has 0 aliphatic heterocycles. The molecule has 0 saturated heterocycles. The lowest BCUT2D eigenvalue weighted by Crippen LogP contribution is -2.45. The Labute approximate surface area is 123 Å². The van der Waals surface area contributed by atoms with Crippen LogP contribution in [0.5, 0.6) is 0 Å². The minimum absolute atomic E-state index is 0.0240. The number of rotatable bonds is 6. The molecule has 0 radical (unpaired) electrons. The van der Waals surface area contributed by atoms with Gasteiger partial charge in [0.15, 0.2) is 0 Å². The molecule has 1 heterocycles. The quantitative estimate of drug-likeness (QED) is 0.756. The van der Waals surface area contributed by atoms with Crippen molar-refractivity contribution in [1.29, 1.82) is 0 Å². The van der Waals surface area contributed by atoms with E-state index in [-0.39, 0.29) is 30.6 Å². The van der Waals surface area contributed by atoms with Crippen molar-refractivity contribution in [3.63, 3.8) is 0 Å². The van der Waals surface area contributed by atoms with Crippen LogP contribution in [0.2, 0.25) is 4.34 Å². The van der Waals surface area contributed by atoms with E-state index >= 15 is 0 Å². The van der Waals surface area contributed by atoms with Crippen molar-refractivity contribution in [3.05, 3.63) is 21.3 Å². The second-order valence-electron chi connectivity index (χ2n) is 4.84. The number of urea groups is 1. The average molecular weight is 305 g/mol. The number of carbonyl (C=O) groups is 1. The van der Waals surface area contributed by atoms with Gasteiger partial charge in [-0.15, -0.1) is 11.3 Å². The predicted molar refractivity (Wildman–Crippen MR) is 79.7 cm³/mol. The average Bonchev–Trinajstić information content (AvgIpc) is 2.75. The van der Waals surface area contributed by atoms with E-state index in [1.165, 1.54) is 11.3 Å². The van der Waals surface area contributed by atoms with Gasteiger partial charge in [-0.3, -0.25) is 0 Å². The number of halogens is 1. The first-order valence-corrected chi connectivity index (χ1v) is 7.56. The number of thiophene rings is 1. The van der Waals surface area contributed by atoms with Gasteiger partial charge < -0.3 is 15.7 Å². The van der Waals surface area contributed by atoms with Crippen molar-refractivity contribution >= 4 is 29.0 Å². The molecule has 0 aliphatic carbocycles. The molecule has 0 fully saturated rings. The molecule has 2 amide bonds. The van der Waals surface area contributed by atoms with Gasteiger partial charge in [-0.1, -0.05) is 25.4 Å². The minimum atomic E-state index is -0.218. The van der Waals surface area contributed by atoms with Gasteiger partial charge in [0.1, 0.15) is 0 Å². The zero-order valence-corrected chi connectivity index (χ0v) is 13.0. The first-order valence-electron chi connectivity index (χ1n) is 6.37. The Morgan fingerprint density at radius 2 is 2.05 bits per heavy atom. The highest BCUT2D eigenvalue weighted by atomic mass is 35.5. The van der Waals surface area contributed by atoms with Gasteiger partial charge in [0.05, 0.1) is 10.4 Å². The van der Waals surface area contributed by atoms with Crippen molar-refractivity contribution < 1.29 is 9.90 Å². The number of aliphatic hydroxyl groups excluding tert-OH is 1. The highest BCUT2D eigenvalue weighted by molar-refractivity contribution is 7.16. The van der Waals surface area contributed by atoms with Gasteiger partial charge in [-0.2, -0.15) is 0 Å². The van der Waals surface area contributed by atoms with E-state index in [0.717, 1.165) is 4.88 Å². The number of hydrogen-bond acceptors (Lipinski definition) is 3. The number of amides is 2. The Bertz CT molecular complexity index is 409. The number of nitrogens with one attached hydrogen (secondary N) is 2. The second kappa shape index (κ2) is 7.72. The van der Waals surface area contributed by atoms with Gasteiger partial charge in [0.2, 0.25) is 0 Å². The topological polar surface area (TPSA) is 61.4 Å². The fourth-order valence-electron chi connectivity index (χ4n) is 1.75. The molecule has 3 N–H and O–H groups in total. The maximum atomic E-state index is 11.9. The molecule has 0 saturated carbocycles. The highest BCUT2D eigenvalue weighted by Gasteiger charge is 2.17. The summed E-state index contributed by atoms with van der Waals surface area (Å²) >= 11 is 7.33. The van der Waals surface area contributed by atoms with Crippen molar-refractivity contribution in [2.75, 3.05) is 6.61 Å². The summed E-state index contributed by atoms with van der Waals surface area (Å²) in [5.41, 5.74) is 0. The Morgan fingerprint density at radius 1 is 1.37 bits per heavy atom. The van der Waals surface area contributed by atoms with Crippen molar-refractivity contribution in [3.8, 4) is 0 Å². The van der Waals surface area contributed by atoms with Crippen LogP contribution in [0.3, 0.4) is 0 Å². The second-order valence-corrected chi connectivity index (χ2v) is 6.59. The van der Waals surface area contributed by atoms with E-state index in [1.807, 2.05) is 32.9 Å². The molecule has 1 rings (SSSR count). The largest absolute Gasteiger partial charge is 0.396 e. The SMILES string of the molecule is CC(NC(=O)NC(CCO)C(C)C)c1ccc(Cl)s1. The molecule has 1 aromatic rings. The van der Waals surface area contributed by atoms with Crippen LogP contribution in [0.15, 0.2) is 12.1 Å². The predicted octanol–water partition coefficient (Wildman–Crippen LogP) is 3.17. The molecule has 19 heavy (non-hydrogen) atoms. The smallest absolute Gasteiger partial charge is 0.315 e. The first-order chi connectivity index (χ1) is 8.93. The van der Waals surface area contributed by atoms with Crippen LogP contribution in [0.4, 0.5) is 4.79 Å². The fourth-order valence-corrected chi connectivity index (χ4v) is 2.81. The third kappa shape index (κ3) is 5.38. The zero-order valence-electron chi connectivity index (χ0n) is 11.4. The van der Waals surface area contributed by atoms with Crippen LogP contribution in [-0.4, -0.2) is 23.8 Å². The summed E-state index contributed by atoms with van der Waals surface area (Å²) in [4.78, 5) is 12.9. The van der Waals surface area contributed by atoms with Crippen molar-refractivity contribution in [1.82, 2.24) is 10.6 Å². The lowest BCUT2D eigenvalue weighted by molar-refractivity contribution is 0.217. The highest BCUT2D eigenvalue weighted by Crippen LogP contribution is 2.26. The van der Waals surface area contributed by atoms with Gasteiger partial charge in [0.25, 0.3) is 0 Å². The standard InChI is InChI=1S/C13H21ClN2O2S/c1-8(2)10(6-7-17)16-13(18)15-9(3)11-4-5-12(14)19-11/h4-5,8-10,17H,6-7H2,1-3H3,(H2,15,16,18). The lowest BCUT2D eigenvalue weighted by Gasteiger charge is -2.23. The lowest BCUT2D eigenvalue weighted by atomic mass is 10.0. The van der Waals surface area contributed by atoms with Gasteiger partial charge in [0, 0.05) is 17.5 Å². The number of aliphatic hydroxyl groups is 1. The third-order valence-electron chi connectivity index (χ3n) is 2.93. The summed E-state index contributed by atoms with van der Waals surface area (Å²) in [6.07, 6.45) is 0.560. The van der Waals surface area contributed by atoms with Crippen LogP contribution in [0.25, 0.3) is 0 Å². The minimum Gasteiger partial charge on any atom is -0.396 e. The molecule has 1 aromatic heterocycles. The Hall–Kier alpha value is -0.780. The van der Waals surface area contributed by atoms with E-state index in [1.54, 1.807) is 0 Å². The van der Waals surface area contributed by atoms with E-state index in [4.69, 9.17) is 16.7 Å². The molecular weight excluding hydrogens is 284 g/mol. The van der Waals surface area contributed by atoms with Gasteiger partial charge in [-0.05, 0) is 31.4 Å². The zero-order chi connectivity index (χ0) is 14.4. The molecule has 108 valence electrons. The summed E-state index contributed by atoms with van der Waals surface area (Å²) in [5, 5.41) is 14.7. The van der Waals surface area contributed by atoms with Crippen LogP contribution in [-0.2, 0) is 0 Å². The van der Waals surface area contributed by atoms with E-state index in [9.17, 15) is 4.79 Å². The number of carbonyl (C=O) groups excluding carboxylic acids is 1. The molecule has 2 atom stereocenters. The molecule has 6 heteroatoms.